The fraction of sp³-hybridized carbons (Fsp3) is 0.696. The van der Waals surface area contributed by atoms with E-state index in [0.29, 0.717) is 0 Å². The molecule has 4 nitrogen and oxygen atoms in total. The third-order valence-electron chi connectivity index (χ3n) is 6.47. The van der Waals surface area contributed by atoms with Gasteiger partial charge in [-0.1, -0.05) is 69.4 Å². The zero-order valence-electron chi connectivity index (χ0n) is 16.9. The van der Waals surface area contributed by atoms with Crippen molar-refractivity contribution in [3.63, 3.8) is 0 Å². The van der Waals surface area contributed by atoms with E-state index in [2.05, 4.69) is 11.8 Å². The maximum absolute atomic E-state index is 13.5. The summed E-state index contributed by atoms with van der Waals surface area (Å²) >= 11 is 0. The summed E-state index contributed by atoms with van der Waals surface area (Å²) in [4.78, 5) is 17.9. The van der Waals surface area contributed by atoms with Gasteiger partial charge in [0.2, 0.25) is 0 Å². The van der Waals surface area contributed by atoms with Crippen LogP contribution in [0.4, 0.5) is 0 Å². The number of nitrogens with zero attached hydrogens (tertiary/aromatic N) is 2. The highest BCUT2D eigenvalue weighted by Crippen LogP contribution is 2.42. The van der Waals surface area contributed by atoms with Gasteiger partial charge in [0.05, 0.1) is 0 Å². The average Bonchev–Trinajstić information content (AvgIpc) is 3.27. The van der Waals surface area contributed by atoms with Gasteiger partial charge < -0.3 is 10.0 Å². The number of carbonyl (C=O) groups is 1. The fourth-order valence-electron chi connectivity index (χ4n) is 4.75. The molecule has 2 aliphatic rings. The van der Waals surface area contributed by atoms with Crippen LogP contribution in [0, 0.1) is 5.92 Å². The molecule has 0 aromatic heterocycles. The zero-order chi connectivity index (χ0) is 19.1. The molecule has 1 amide bonds. The first-order valence-corrected chi connectivity index (χ1v) is 11.0. The number of amides is 1. The van der Waals surface area contributed by atoms with Gasteiger partial charge in [-0.2, -0.15) is 0 Å². The molecule has 1 aliphatic carbocycles. The summed E-state index contributed by atoms with van der Waals surface area (Å²) in [6.07, 6.45) is 9.22. The van der Waals surface area contributed by atoms with E-state index in [1.807, 2.05) is 35.2 Å². The van der Waals surface area contributed by atoms with Gasteiger partial charge in [0.15, 0.2) is 5.60 Å². The van der Waals surface area contributed by atoms with Crippen molar-refractivity contribution in [3.8, 4) is 0 Å². The summed E-state index contributed by atoms with van der Waals surface area (Å²) in [5.74, 6) is -0.0364. The molecule has 1 atom stereocenters. The lowest BCUT2D eigenvalue weighted by Gasteiger charge is -2.41. The molecule has 1 saturated carbocycles. The minimum absolute atomic E-state index is 0.0412. The predicted molar refractivity (Wildman–Crippen MR) is 109 cm³/mol. The molecule has 27 heavy (non-hydrogen) atoms. The number of benzene rings is 1. The Balaban J connectivity index is 1.64. The molecular weight excluding hydrogens is 336 g/mol. The molecule has 1 N–H and O–H groups in total. The Morgan fingerprint density at radius 1 is 1.04 bits per heavy atom. The number of carbonyl (C=O) groups excluding carboxylic acids is 1. The van der Waals surface area contributed by atoms with E-state index in [9.17, 15) is 9.90 Å². The molecule has 0 spiro atoms. The van der Waals surface area contributed by atoms with Crippen molar-refractivity contribution in [2.75, 3.05) is 32.7 Å². The van der Waals surface area contributed by atoms with Crippen LogP contribution in [0.1, 0.15) is 63.9 Å². The second-order valence-electron chi connectivity index (χ2n) is 8.31. The first kappa shape index (κ1) is 20.3. The van der Waals surface area contributed by atoms with Gasteiger partial charge in [-0.15, -0.1) is 0 Å². The minimum Gasteiger partial charge on any atom is -0.375 e. The monoisotopic (exact) mass is 372 g/mol. The van der Waals surface area contributed by atoms with Crippen LogP contribution in [0.15, 0.2) is 30.3 Å². The Morgan fingerprint density at radius 2 is 1.70 bits per heavy atom. The minimum atomic E-state index is -1.36. The maximum Gasteiger partial charge on any atom is 0.259 e. The van der Waals surface area contributed by atoms with Crippen LogP contribution in [0.5, 0.6) is 0 Å². The first-order valence-electron chi connectivity index (χ1n) is 11.0. The van der Waals surface area contributed by atoms with Crippen molar-refractivity contribution in [2.24, 2.45) is 5.92 Å². The Kier molecular flexibility index (Phi) is 7.31. The number of aliphatic hydroxyl groups is 1. The molecule has 150 valence electrons. The van der Waals surface area contributed by atoms with Crippen LogP contribution in [0.2, 0.25) is 0 Å². The molecule has 2 fully saturated rings. The Bertz CT molecular complexity index is 577. The SMILES string of the molecule is CCCCCCN1CCN(C(=O)[C@](O)(c2ccccc2)C2CCCC2)CC1. The summed E-state index contributed by atoms with van der Waals surface area (Å²) < 4.78 is 0. The zero-order valence-corrected chi connectivity index (χ0v) is 16.9. The van der Waals surface area contributed by atoms with Gasteiger partial charge in [0.25, 0.3) is 5.91 Å². The largest absolute Gasteiger partial charge is 0.375 e. The lowest BCUT2D eigenvalue weighted by atomic mass is 9.79. The molecule has 0 unspecified atom stereocenters. The highest BCUT2D eigenvalue weighted by molar-refractivity contribution is 5.87. The van der Waals surface area contributed by atoms with Gasteiger partial charge in [-0.25, -0.2) is 0 Å². The Morgan fingerprint density at radius 3 is 2.33 bits per heavy atom. The molecule has 1 saturated heterocycles. The molecule has 0 bridgehead atoms. The lowest BCUT2D eigenvalue weighted by Crippen LogP contribution is -2.56. The average molecular weight is 373 g/mol. The molecule has 1 aromatic rings. The van der Waals surface area contributed by atoms with Gasteiger partial charge >= 0.3 is 0 Å². The number of piperazine rings is 1. The van der Waals surface area contributed by atoms with Crippen LogP contribution in [0.25, 0.3) is 0 Å². The van der Waals surface area contributed by atoms with Crippen LogP contribution >= 0.6 is 0 Å². The second-order valence-corrected chi connectivity index (χ2v) is 8.31. The van der Waals surface area contributed by atoms with Gasteiger partial charge in [0.1, 0.15) is 0 Å². The van der Waals surface area contributed by atoms with Crippen molar-refractivity contribution < 1.29 is 9.90 Å². The first-order chi connectivity index (χ1) is 13.2. The molecular formula is C23H36N2O2. The fourth-order valence-corrected chi connectivity index (χ4v) is 4.75. The molecule has 0 radical (unpaired) electrons. The number of hydrogen-bond donors (Lipinski definition) is 1. The van der Waals surface area contributed by atoms with Crippen LogP contribution in [-0.2, 0) is 10.4 Å². The third-order valence-corrected chi connectivity index (χ3v) is 6.47. The van der Waals surface area contributed by atoms with E-state index in [1.165, 1.54) is 25.7 Å². The van der Waals surface area contributed by atoms with Crippen LogP contribution in [-0.4, -0.2) is 53.5 Å². The number of rotatable bonds is 8. The van der Waals surface area contributed by atoms with Crippen LogP contribution < -0.4 is 0 Å². The van der Waals surface area contributed by atoms with E-state index in [1.54, 1.807) is 0 Å². The number of unbranched alkanes of at least 4 members (excludes halogenated alkanes) is 3. The van der Waals surface area contributed by atoms with Crippen molar-refractivity contribution in [1.29, 1.82) is 0 Å². The van der Waals surface area contributed by atoms with Gasteiger partial charge in [-0.05, 0) is 31.4 Å². The molecule has 1 aliphatic heterocycles. The normalized spacial score (nSPS) is 21.3. The topological polar surface area (TPSA) is 43.8 Å². The molecule has 1 heterocycles. The summed E-state index contributed by atoms with van der Waals surface area (Å²) in [5.41, 5.74) is -0.593. The standard InChI is InChI=1S/C23H36N2O2/c1-2-3-4-10-15-24-16-18-25(19-17-24)22(26)23(27,21-13-8-9-14-21)20-11-6-5-7-12-20/h5-7,11-12,21,27H,2-4,8-10,13-19H2,1H3/t23-/m0/s1. The summed E-state index contributed by atoms with van der Waals surface area (Å²) in [6.45, 7) is 6.68. The van der Waals surface area contributed by atoms with Crippen molar-refractivity contribution in [2.45, 2.75) is 63.9 Å². The lowest BCUT2D eigenvalue weighted by molar-refractivity contribution is -0.161. The predicted octanol–water partition coefficient (Wildman–Crippen LogP) is 3.79. The van der Waals surface area contributed by atoms with Gasteiger partial charge in [0, 0.05) is 32.1 Å². The van der Waals surface area contributed by atoms with E-state index >= 15 is 0 Å². The molecule has 4 heteroatoms. The highest BCUT2D eigenvalue weighted by atomic mass is 16.3. The summed E-state index contributed by atoms with van der Waals surface area (Å²) in [6, 6.07) is 9.63. The molecule has 1 aromatic carbocycles. The summed E-state index contributed by atoms with van der Waals surface area (Å²) in [5, 5.41) is 11.7. The number of hydrogen-bond acceptors (Lipinski definition) is 3. The maximum atomic E-state index is 13.5. The van der Waals surface area contributed by atoms with Crippen molar-refractivity contribution >= 4 is 5.91 Å². The van der Waals surface area contributed by atoms with Crippen molar-refractivity contribution in [1.82, 2.24) is 9.80 Å². The quantitative estimate of drug-likeness (QED) is 0.706. The van der Waals surface area contributed by atoms with Crippen molar-refractivity contribution in [3.05, 3.63) is 35.9 Å². The van der Waals surface area contributed by atoms with E-state index in [4.69, 9.17) is 0 Å². The molecule has 3 rings (SSSR count). The van der Waals surface area contributed by atoms with Crippen LogP contribution in [0.3, 0.4) is 0 Å². The smallest absolute Gasteiger partial charge is 0.259 e. The second kappa shape index (κ2) is 9.70. The highest BCUT2D eigenvalue weighted by Gasteiger charge is 2.48. The van der Waals surface area contributed by atoms with E-state index in [0.717, 1.165) is 64.0 Å². The summed E-state index contributed by atoms with van der Waals surface area (Å²) in [7, 11) is 0. The Labute approximate surface area is 164 Å². The van der Waals surface area contributed by atoms with E-state index in [-0.39, 0.29) is 11.8 Å². The Hall–Kier alpha value is -1.39. The van der Waals surface area contributed by atoms with E-state index < -0.39 is 5.60 Å². The third kappa shape index (κ3) is 4.72. The van der Waals surface area contributed by atoms with Gasteiger partial charge in [-0.3, -0.25) is 9.69 Å².